The number of hydrogen-bond acceptors (Lipinski definition) is 6. The molecule has 0 bridgehead atoms. The first-order valence-electron chi connectivity index (χ1n) is 12.1. The molecule has 0 saturated carbocycles. The summed E-state index contributed by atoms with van der Waals surface area (Å²) < 4.78 is 6.53. The largest absolute Gasteiger partial charge is 0.507 e. The fourth-order valence-electron chi connectivity index (χ4n) is 4.57. The van der Waals surface area contributed by atoms with Crippen LogP contribution in [0.15, 0.2) is 60.2 Å². The second-order valence-corrected chi connectivity index (χ2v) is 11.0. The van der Waals surface area contributed by atoms with Crippen molar-refractivity contribution in [2.45, 2.75) is 33.2 Å². The highest BCUT2D eigenvalue weighted by Crippen LogP contribution is 2.45. The molecule has 6 nitrogen and oxygen atoms in total. The minimum absolute atomic E-state index is 0.0530. The highest BCUT2D eigenvalue weighted by Gasteiger charge is 2.48. The van der Waals surface area contributed by atoms with E-state index >= 15 is 0 Å². The van der Waals surface area contributed by atoms with Crippen LogP contribution in [0.2, 0.25) is 10.0 Å². The Morgan fingerprint density at radius 2 is 1.79 bits per heavy atom. The number of aliphatic hydroxyl groups is 1. The number of Topliss-reactive ketones (excluding diaryl/α,β-unsaturated/α-hetero) is 1. The maximum atomic E-state index is 13.5. The topological polar surface area (TPSA) is 79.7 Å². The number of ether oxygens (including phenoxy) is 1. The van der Waals surface area contributed by atoms with Crippen LogP contribution in [0.5, 0.6) is 5.75 Å². The Labute approximate surface area is 234 Å². The molecule has 194 valence electrons. The quantitative estimate of drug-likeness (QED) is 0.147. The Balaban J connectivity index is 1.68. The molecule has 4 aromatic rings. The van der Waals surface area contributed by atoms with E-state index in [1.54, 1.807) is 42.5 Å². The third-order valence-electron chi connectivity index (χ3n) is 6.33. The van der Waals surface area contributed by atoms with Crippen molar-refractivity contribution < 1.29 is 19.4 Å². The molecule has 38 heavy (non-hydrogen) atoms. The summed E-state index contributed by atoms with van der Waals surface area (Å²) in [5, 5.41) is 12.3. The maximum Gasteiger partial charge on any atom is 0.301 e. The van der Waals surface area contributed by atoms with Gasteiger partial charge in [0.25, 0.3) is 5.78 Å². The molecule has 1 N–H and O–H groups in total. The normalized spacial score (nSPS) is 17.0. The fraction of sp³-hybridized carbons (Fsp3) is 0.207. The molecule has 0 radical (unpaired) electrons. The van der Waals surface area contributed by atoms with Gasteiger partial charge in [0.1, 0.15) is 11.5 Å². The molecule has 0 aliphatic carbocycles. The van der Waals surface area contributed by atoms with Crippen molar-refractivity contribution in [2.24, 2.45) is 0 Å². The number of aliphatic hydroxyl groups excluding tert-OH is 1. The number of rotatable bonds is 6. The Hall–Kier alpha value is -3.39. The van der Waals surface area contributed by atoms with Crippen molar-refractivity contribution >= 4 is 67.3 Å². The average Bonchev–Trinajstić information content (AvgIpc) is 3.43. The van der Waals surface area contributed by atoms with Gasteiger partial charge in [-0.2, -0.15) is 0 Å². The van der Waals surface area contributed by atoms with Gasteiger partial charge in [0, 0.05) is 5.56 Å². The van der Waals surface area contributed by atoms with Crippen LogP contribution >= 0.6 is 34.5 Å². The van der Waals surface area contributed by atoms with Gasteiger partial charge in [-0.15, -0.1) is 0 Å². The second kappa shape index (κ2) is 10.4. The molecular weight excluding hydrogens is 543 g/mol. The molecule has 3 aromatic carbocycles. The third kappa shape index (κ3) is 4.66. The monoisotopic (exact) mass is 566 g/mol. The van der Waals surface area contributed by atoms with Crippen molar-refractivity contribution in [3.8, 4) is 5.75 Å². The first kappa shape index (κ1) is 26.2. The zero-order valence-corrected chi connectivity index (χ0v) is 23.2. The molecule has 1 aliphatic rings. The minimum Gasteiger partial charge on any atom is -0.507 e. The number of ketones is 1. The van der Waals surface area contributed by atoms with E-state index in [1.165, 1.54) is 16.2 Å². The van der Waals surface area contributed by atoms with E-state index in [2.05, 4.69) is 0 Å². The molecule has 0 spiro atoms. The molecule has 1 saturated heterocycles. The lowest BCUT2D eigenvalue weighted by Crippen LogP contribution is -2.29. The van der Waals surface area contributed by atoms with Gasteiger partial charge in [-0.25, -0.2) is 4.98 Å². The number of aryl methyl sites for hydroxylation is 2. The van der Waals surface area contributed by atoms with Crippen LogP contribution in [-0.2, 0) is 9.59 Å². The van der Waals surface area contributed by atoms with Crippen LogP contribution < -0.4 is 9.64 Å². The number of hydrogen-bond donors (Lipinski definition) is 1. The van der Waals surface area contributed by atoms with Crippen LogP contribution in [0.4, 0.5) is 5.13 Å². The standard InChI is InChI=1S/C29H24Cl2N2O4S/c1-4-11-37-19-8-5-17(6-9-19)26(34)23-25(18-7-10-20(30)21(31)14-18)33(28(36)27(23)35)29-32-24-16(3)12-15(2)13-22(24)38-29/h5-10,12-14,25,34H,4,11H2,1-3H3/b26-23+. The maximum absolute atomic E-state index is 13.5. The van der Waals surface area contributed by atoms with E-state index < -0.39 is 17.7 Å². The van der Waals surface area contributed by atoms with Crippen molar-refractivity contribution in [1.29, 1.82) is 0 Å². The number of thiazole rings is 1. The summed E-state index contributed by atoms with van der Waals surface area (Å²) in [4.78, 5) is 33.0. The summed E-state index contributed by atoms with van der Waals surface area (Å²) in [7, 11) is 0. The Morgan fingerprint density at radius 1 is 1.05 bits per heavy atom. The van der Waals surface area contributed by atoms with E-state index in [4.69, 9.17) is 32.9 Å². The molecule has 1 fully saturated rings. The number of benzene rings is 3. The van der Waals surface area contributed by atoms with Crippen molar-refractivity contribution in [3.63, 3.8) is 0 Å². The first-order chi connectivity index (χ1) is 18.2. The van der Waals surface area contributed by atoms with E-state index in [9.17, 15) is 14.7 Å². The molecule has 1 aromatic heterocycles. The predicted octanol–water partition coefficient (Wildman–Crippen LogP) is 7.64. The summed E-state index contributed by atoms with van der Waals surface area (Å²) in [5.74, 6) is -1.24. The van der Waals surface area contributed by atoms with Crippen LogP contribution in [0.3, 0.4) is 0 Å². The SMILES string of the molecule is CCCOc1ccc(/C(O)=C2\C(=O)C(=O)N(c3nc4c(C)cc(C)cc4s3)C2c2ccc(Cl)c(Cl)c2)cc1. The van der Waals surface area contributed by atoms with Gasteiger partial charge in [-0.05, 0) is 79.4 Å². The van der Waals surface area contributed by atoms with E-state index in [1.807, 2.05) is 32.9 Å². The Morgan fingerprint density at radius 3 is 2.47 bits per heavy atom. The molecule has 1 unspecified atom stereocenters. The summed E-state index contributed by atoms with van der Waals surface area (Å²) in [6.07, 6.45) is 0.861. The van der Waals surface area contributed by atoms with Gasteiger partial charge in [0.15, 0.2) is 5.13 Å². The number of nitrogens with zero attached hydrogens (tertiary/aromatic N) is 2. The minimum atomic E-state index is -0.956. The van der Waals surface area contributed by atoms with Crippen LogP contribution in [0.1, 0.15) is 41.6 Å². The van der Waals surface area contributed by atoms with Gasteiger partial charge < -0.3 is 9.84 Å². The summed E-state index contributed by atoms with van der Waals surface area (Å²) >= 11 is 13.8. The van der Waals surface area contributed by atoms with E-state index in [0.717, 1.165) is 27.8 Å². The molecule has 1 aliphatic heterocycles. The summed E-state index contributed by atoms with van der Waals surface area (Å²) in [6.45, 7) is 6.52. The lowest BCUT2D eigenvalue weighted by Gasteiger charge is -2.23. The van der Waals surface area contributed by atoms with Crippen LogP contribution in [-0.4, -0.2) is 28.4 Å². The Kier molecular flexibility index (Phi) is 7.18. The van der Waals surface area contributed by atoms with E-state index in [-0.39, 0.29) is 16.4 Å². The lowest BCUT2D eigenvalue weighted by atomic mass is 9.95. The van der Waals surface area contributed by atoms with Gasteiger partial charge in [-0.1, -0.05) is 53.6 Å². The molecular formula is C29H24Cl2N2O4S. The number of aromatic nitrogens is 1. The van der Waals surface area contributed by atoms with E-state index in [0.29, 0.717) is 33.6 Å². The fourth-order valence-corrected chi connectivity index (χ4v) is 6.05. The van der Waals surface area contributed by atoms with Crippen LogP contribution in [0.25, 0.3) is 16.0 Å². The number of fused-ring (bicyclic) bond motifs is 1. The molecule has 1 amide bonds. The zero-order chi connectivity index (χ0) is 27.1. The average molecular weight is 567 g/mol. The highest BCUT2D eigenvalue weighted by atomic mass is 35.5. The number of halogens is 2. The van der Waals surface area contributed by atoms with Gasteiger partial charge in [-0.3, -0.25) is 14.5 Å². The van der Waals surface area contributed by atoms with Gasteiger partial charge >= 0.3 is 5.91 Å². The van der Waals surface area contributed by atoms with Crippen molar-refractivity contribution in [3.05, 3.63) is 92.5 Å². The highest BCUT2D eigenvalue weighted by molar-refractivity contribution is 7.22. The first-order valence-corrected chi connectivity index (χ1v) is 13.6. The summed E-state index contributed by atoms with van der Waals surface area (Å²) in [6, 6.07) is 14.7. The summed E-state index contributed by atoms with van der Waals surface area (Å²) in [5.41, 5.74) is 3.65. The smallest absolute Gasteiger partial charge is 0.301 e. The molecule has 1 atom stereocenters. The molecule has 5 rings (SSSR count). The van der Waals surface area contributed by atoms with Crippen molar-refractivity contribution in [2.75, 3.05) is 11.5 Å². The molecule has 2 heterocycles. The van der Waals surface area contributed by atoms with Crippen LogP contribution in [0, 0.1) is 13.8 Å². The Bertz CT molecular complexity index is 1610. The third-order valence-corrected chi connectivity index (χ3v) is 8.07. The molecule has 9 heteroatoms. The number of anilines is 1. The van der Waals surface area contributed by atoms with Crippen molar-refractivity contribution in [1.82, 2.24) is 4.98 Å². The zero-order valence-electron chi connectivity index (χ0n) is 20.9. The number of carbonyl (C=O) groups is 2. The predicted molar refractivity (Wildman–Crippen MR) is 153 cm³/mol. The lowest BCUT2D eigenvalue weighted by molar-refractivity contribution is -0.132. The number of amides is 1. The number of carbonyl (C=O) groups excluding carboxylic acids is 2. The second-order valence-electron chi connectivity index (χ2n) is 9.14. The van der Waals surface area contributed by atoms with Gasteiger partial charge in [0.05, 0.1) is 38.5 Å². The van der Waals surface area contributed by atoms with Gasteiger partial charge in [0.2, 0.25) is 0 Å².